The molecular formula is C15H12N6O2S. The standard InChI is InChI=1S/C15H12N6O2S/c22-21(23)13-6-2-1-5-12(13)19-9-20-14(11-4-3-7-16-8-11)17-18-15(20)24-10-19/h1-8H,9-10H2. The number of nitro benzene ring substituents is 1. The minimum Gasteiger partial charge on any atom is -0.338 e. The first-order valence-corrected chi connectivity index (χ1v) is 8.17. The number of nitrogens with zero attached hydrogens (tertiary/aromatic N) is 6. The molecule has 2 aromatic heterocycles. The van der Waals surface area contributed by atoms with Gasteiger partial charge in [0.2, 0.25) is 0 Å². The summed E-state index contributed by atoms with van der Waals surface area (Å²) in [4.78, 5) is 17.0. The normalized spacial score (nSPS) is 13.6. The van der Waals surface area contributed by atoms with E-state index in [1.54, 1.807) is 30.6 Å². The number of nitro groups is 1. The Labute approximate surface area is 141 Å². The highest BCUT2D eigenvalue weighted by Crippen LogP contribution is 2.35. The van der Waals surface area contributed by atoms with Crippen molar-refractivity contribution in [3.05, 3.63) is 58.9 Å². The summed E-state index contributed by atoms with van der Waals surface area (Å²) in [6.45, 7) is 0.449. The summed E-state index contributed by atoms with van der Waals surface area (Å²) in [5.41, 5.74) is 1.55. The van der Waals surface area contributed by atoms with Crippen LogP contribution in [0.5, 0.6) is 0 Å². The van der Waals surface area contributed by atoms with Crippen molar-refractivity contribution in [3.63, 3.8) is 0 Å². The second-order valence-corrected chi connectivity index (χ2v) is 6.09. The van der Waals surface area contributed by atoms with Crippen LogP contribution < -0.4 is 4.90 Å². The Kier molecular flexibility index (Phi) is 3.62. The summed E-state index contributed by atoms with van der Waals surface area (Å²) in [5, 5.41) is 20.5. The third-order valence-electron chi connectivity index (χ3n) is 3.72. The van der Waals surface area contributed by atoms with E-state index in [9.17, 15) is 10.1 Å². The highest BCUT2D eigenvalue weighted by Gasteiger charge is 2.26. The molecule has 0 saturated carbocycles. The van der Waals surface area contributed by atoms with Gasteiger partial charge in [-0.15, -0.1) is 10.2 Å². The van der Waals surface area contributed by atoms with Crippen LogP contribution in [0.1, 0.15) is 0 Å². The Bertz CT molecular complexity index is 898. The Balaban J connectivity index is 1.72. The molecular weight excluding hydrogens is 328 g/mol. The second-order valence-electron chi connectivity index (χ2n) is 5.18. The van der Waals surface area contributed by atoms with Gasteiger partial charge in [-0.1, -0.05) is 23.9 Å². The third kappa shape index (κ3) is 2.48. The number of aromatic nitrogens is 4. The van der Waals surface area contributed by atoms with Gasteiger partial charge in [0.05, 0.1) is 17.5 Å². The molecule has 0 unspecified atom stereocenters. The van der Waals surface area contributed by atoms with Crippen LogP contribution in [0.4, 0.5) is 11.4 Å². The van der Waals surface area contributed by atoms with Crippen molar-refractivity contribution in [2.45, 2.75) is 11.8 Å². The van der Waals surface area contributed by atoms with E-state index in [1.807, 2.05) is 21.6 Å². The number of pyridine rings is 1. The fraction of sp³-hybridized carbons (Fsp3) is 0.133. The lowest BCUT2D eigenvalue weighted by Gasteiger charge is -2.29. The van der Waals surface area contributed by atoms with Gasteiger partial charge in [-0.3, -0.25) is 19.7 Å². The van der Waals surface area contributed by atoms with Crippen LogP contribution in [0.15, 0.2) is 53.9 Å². The van der Waals surface area contributed by atoms with Gasteiger partial charge in [-0.25, -0.2) is 0 Å². The van der Waals surface area contributed by atoms with E-state index in [-0.39, 0.29) is 10.6 Å². The molecule has 3 heterocycles. The summed E-state index contributed by atoms with van der Waals surface area (Å²) >= 11 is 1.50. The number of thioether (sulfide) groups is 1. The minimum absolute atomic E-state index is 0.0950. The first-order chi connectivity index (χ1) is 11.7. The zero-order valence-corrected chi connectivity index (χ0v) is 13.3. The molecule has 0 atom stereocenters. The number of rotatable bonds is 3. The highest BCUT2D eigenvalue weighted by molar-refractivity contribution is 7.99. The molecule has 0 spiro atoms. The fourth-order valence-electron chi connectivity index (χ4n) is 2.61. The van der Waals surface area contributed by atoms with Gasteiger partial charge in [0, 0.05) is 24.0 Å². The highest BCUT2D eigenvalue weighted by atomic mass is 32.2. The van der Waals surface area contributed by atoms with Crippen molar-refractivity contribution in [1.29, 1.82) is 0 Å². The molecule has 0 bridgehead atoms. The number of fused-ring (bicyclic) bond motifs is 1. The molecule has 3 aromatic rings. The fourth-order valence-corrected chi connectivity index (χ4v) is 3.50. The maximum Gasteiger partial charge on any atom is 0.292 e. The van der Waals surface area contributed by atoms with Gasteiger partial charge in [0.1, 0.15) is 5.69 Å². The molecule has 1 aliphatic heterocycles. The van der Waals surface area contributed by atoms with E-state index in [4.69, 9.17) is 0 Å². The van der Waals surface area contributed by atoms with Crippen LogP contribution in [0, 0.1) is 10.1 Å². The van der Waals surface area contributed by atoms with Gasteiger partial charge in [-0.05, 0) is 18.2 Å². The van der Waals surface area contributed by atoms with E-state index in [2.05, 4.69) is 15.2 Å². The first kappa shape index (κ1) is 14.6. The molecule has 24 heavy (non-hydrogen) atoms. The Hall–Kier alpha value is -2.94. The summed E-state index contributed by atoms with van der Waals surface area (Å²) in [6, 6.07) is 10.5. The van der Waals surface area contributed by atoms with Gasteiger partial charge in [0.15, 0.2) is 11.0 Å². The van der Waals surface area contributed by atoms with Crippen LogP contribution in [0.25, 0.3) is 11.4 Å². The van der Waals surface area contributed by atoms with Crippen molar-refractivity contribution < 1.29 is 4.92 Å². The zero-order valence-electron chi connectivity index (χ0n) is 12.4. The SMILES string of the molecule is O=[N+]([O-])c1ccccc1N1CSc2nnc(-c3cccnc3)n2C1. The molecule has 0 saturated heterocycles. The van der Waals surface area contributed by atoms with Gasteiger partial charge >= 0.3 is 0 Å². The van der Waals surface area contributed by atoms with Gasteiger partial charge in [-0.2, -0.15) is 0 Å². The Morgan fingerprint density at radius 3 is 2.83 bits per heavy atom. The minimum atomic E-state index is -0.357. The summed E-state index contributed by atoms with van der Waals surface area (Å²) < 4.78 is 1.95. The number of anilines is 1. The number of para-hydroxylation sites is 2. The van der Waals surface area contributed by atoms with Crippen LogP contribution >= 0.6 is 11.8 Å². The lowest BCUT2D eigenvalue weighted by atomic mass is 10.2. The Morgan fingerprint density at radius 2 is 2.04 bits per heavy atom. The molecule has 8 nitrogen and oxygen atoms in total. The lowest BCUT2D eigenvalue weighted by Crippen LogP contribution is -2.31. The average Bonchev–Trinajstić information content (AvgIpc) is 3.05. The van der Waals surface area contributed by atoms with E-state index >= 15 is 0 Å². The van der Waals surface area contributed by atoms with Crippen LogP contribution in [-0.4, -0.2) is 30.5 Å². The zero-order chi connectivity index (χ0) is 16.5. The maximum absolute atomic E-state index is 11.3. The average molecular weight is 340 g/mol. The molecule has 0 amide bonds. The number of hydrogen-bond acceptors (Lipinski definition) is 7. The van der Waals surface area contributed by atoms with Crippen LogP contribution in [0.3, 0.4) is 0 Å². The van der Waals surface area contributed by atoms with Gasteiger partial charge in [0.25, 0.3) is 5.69 Å². The smallest absolute Gasteiger partial charge is 0.292 e. The van der Waals surface area contributed by atoms with E-state index in [0.29, 0.717) is 24.1 Å². The molecule has 1 aliphatic rings. The Morgan fingerprint density at radius 1 is 1.17 bits per heavy atom. The number of hydrogen-bond donors (Lipinski definition) is 0. The molecule has 0 aliphatic carbocycles. The predicted octanol–water partition coefficient (Wildman–Crippen LogP) is 2.78. The van der Waals surface area contributed by atoms with Crippen molar-refractivity contribution in [2.75, 3.05) is 10.8 Å². The van der Waals surface area contributed by atoms with Gasteiger partial charge < -0.3 is 4.90 Å². The molecule has 0 radical (unpaired) electrons. The third-order valence-corrected chi connectivity index (χ3v) is 4.72. The number of benzene rings is 1. The predicted molar refractivity (Wildman–Crippen MR) is 89.6 cm³/mol. The van der Waals surface area contributed by atoms with E-state index in [1.165, 1.54) is 17.8 Å². The second kappa shape index (κ2) is 5.93. The quantitative estimate of drug-likeness (QED) is 0.535. The lowest BCUT2D eigenvalue weighted by molar-refractivity contribution is -0.384. The van der Waals surface area contributed by atoms with Crippen molar-refractivity contribution in [1.82, 2.24) is 19.7 Å². The largest absolute Gasteiger partial charge is 0.338 e. The molecule has 9 heteroatoms. The van der Waals surface area contributed by atoms with Crippen molar-refractivity contribution in [2.24, 2.45) is 0 Å². The topological polar surface area (TPSA) is 90.0 Å². The maximum atomic E-state index is 11.3. The van der Waals surface area contributed by atoms with Crippen molar-refractivity contribution >= 4 is 23.1 Å². The summed E-state index contributed by atoms with van der Waals surface area (Å²) in [7, 11) is 0. The summed E-state index contributed by atoms with van der Waals surface area (Å²) in [6.07, 6.45) is 3.43. The molecule has 120 valence electrons. The molecule has 0 N–H and O–H groups in total. The van der Waals surface area contributed by atoms with Crippen LogP contribution in [0.2, 0.25) is 0 Å². The molecule has 4 rings (SSSR count). The summed E-state index contributed by atoms with van der Waals surface area (Å²) in [5.74, 6) is 1.28. The molecule has 1 aromatic carbocycles. The monoisotopic (exact) mass is 340 g/mol. The van der Waals surface area contributed by atoms with E-state index in [0.717, 1.165) is 10.7 Å². The molecule has 0 fully saturated rings. The van der Waals surface area contributed by atoms with Crippen molar-refractivity contribution in [3.8, 4) is 11.4 Å². The first-order valence-electron chi connectivity index (χ1n) is 7.19. The van der Waals surface area contributed by atoms with Crippen LogP contribution in [-0.2, 0) is 6.67 Å². The van der Waals surface area contributed by atoms with E-state index < -0.39 is 0 Å².